The van der Waals surface area contributed by atoms with Gasteiger partial charge in [0.1, 0.15) is 23.4 Å². The number of ether oxygens (including phenoxy) is 3. The SMILES string of the molecule is Cc1ccc(CC(NC(=O)OC(C)(C)C)C(=O)N[C@H](C)C(=O)NCCCc2ccccc2)c(C)c1OC(=O)OCC(C)C. The number of aryl methyl sites for hydroxylation is 2. The smallest absolute Gasteiger partial charge is 0.444 e. The molecule has 0 aliphatic carbocycles. The van der Waals surface area contributed by atoms with E-state index in [9.17, 15) is 19.2 Å². The Morgan fingerprint density at radius 2 is 1.56 bits per heavy atom. The molecular formula is C33H47N3O7. The minimum atomic E-state index is -1.08. The summed E-state index contributed by atoms with van der Waals surface area (Å²) in [6.45, 7) is 14.8. The second kappa shape index (κ2) is 16.5. The highest BCUT2D eigenvalue weighted by Crippen LogP contribution is 2.28. The Labute approximate surface area is 255 Å². The van der Waals surface area contributed by atoms with Crippen molar-refractivity contribution in [3.05, 3.63) is 64.7 Å². The van der Waals surface area contributed by atoms with E-state index in [-0.39, 0.29) is 24.9 Å². The van der Waals surface area contributed by atoms with E-state index in [0.29, 0.717) is 29.0 Å². The Morgan fingerprint density at radius 1 is 0.884 bits per heavy atom. The molecule has 3 amide bonds. The van der Waals surface area contributed by atoms with Gasteiger partial charge in [-0.15, -0.1) is 0 Å². The van der Waals surface area contributed by atoms with Gasteiger partial charge in [0.25, 0.3) is 0 Å². The lowest BCUT2D eigenvalue weighted by atomic mass is 9.97. The molecule has 0 fully saturated rings. The van der Waals surface area contributed by atoms with Crippen LogP contribution < -0.4 is 20.7 Å². The monoisotopic (exact) mass is 597 g/mol. The maximum Gasteiger partial charge on any atom is 0.513 e. The molecule has 0 heterocycles. The number of hydrogen-bond acceptors (Lipinski definition) is 7. The maximum atomic E-state index is 13.4. The minimum Gasteiger partial charge on any atom is -0.444 e. The Balaban J connectivity index is 2.12. The van der Waals surface area contributed by atoms with Gasteiger partial charge in [-0.3, -0.25) is 9.59 Å². The number of nitrogens with one attached hydrogen (secondary N) is 3. The second-order valence-electron chi connectivity index (χ2n) is 12.1. The molecule has 2 rings (SSSR count). The molecular weight excluding hydrogens is 550 g/mol. The van der Waals surface area contributed by atoms with Crippen molar-refractivity contribution in [1.29, 1.82) is 0 Å². The first-order valence-electron chi connectivity index (χ1n) is 14.7. The fourth-order valence-corrected chi connectivity index (χ4v) is 4.15. The molecule has 10 heteroatoms. The van der Waals surface area contributed by atoms with Crippen molar-refractivity contribution in [3.8, 4) is 5.75 Å². The van der Waals surface area contributed by atoms with Crippen molar-refractivity contribution >= 4 is 24.1 Å². The fourth-order valence-electron chi connectivity index (χ4n) is 4.15. The van der Waals surface area contributed by atoms with Crippen LogP contribution in [0.5, 0.6) is 5.75 Å². The molecule has 1 unspecified atom stereocenters. The van der Waals surface area contributed by atoms with E-state index in [4.69, 9.17) is 14.2 Å². The fraction of sp³-hybridized carbons (Fsp3) is 0.515. The molecule has 236 valence electrons. The molecule has 2 aromatic carbocycles. The predicted molar refractivity (Wildman–Crippen MR) is 165 cm³/mol. The number of alkyl carbamates (subject to hydrolysis) is 1. The van der Waals surface area contributed by atoms with Crippen molar-refractivity contribution < 1.29 is 33.4 Å². The van der Waals surface area contributed by atoms with Crippen LogP contribution in [-0.2, 0) is 31.9 Å². The Morgan fingerprint density at radius 3 is 2.19 bits per heavy atom. The number of amides is 3. The number of carbonyl (C=O) groups is 4. The van der Waals surface area contributed by atoms with Crippen LogP contribution in [-0.4, -0.2) is 54.9 Å². The third-order valence-electron chi connectivity index (χ3n) is 6.40. The van der Waals surface area contributed by atoms with Crippen molar-refractivity contribution in [2.24, 2.45) is 5.92 Å². The van der Waals surface area contributed by atoms with E-state index < -0.39 is 35.8 Å². The summed E-state index contributed by atoms with van der Waals surface area (Å²) in [7, 11) is 0. The summed E-state index contributed by atoms with van der Waals surface area (Å²) >= 11 is 0. The summed E-state index contributed by atoms with van der Waals surface area (Å²) in [5.41, 5.74) is 2.39. The van der Waals surface area contributed by atoms with Crippen LogP contribution in [0.4, 0.5) is 9.59 Å². The van der Waals surface area contributed by atoms with Crippen molar-refractivity contribution in [1.82, 2.24) is 16.0 Å². The van der Waals surface area contributed by atoms with Crippen LogP contribution in [0.25, 0.3) is 0 Å². The largest absolute Gasteiger partial charge is 0.513 e. The third-order valence-corrected chi connectivity index (χ3v) is 6.40. The van der Waals surface area contributed by atoms with Crippen molar-refractivity contribution in [3.63, 3.8) is 0 Å². The van der Waals surface area contributed by atoms with Gasteiger partial charge in [-0.25, -0.2) is 9.59 Å². The summed E-state index contributed by atoms with van der Waals surface area (Å²) in [6, 6.07) is 11.6. The Kier molecular flexibility index (Phi) is 13.5. The first-order chi connectivity index (χ1) is 20.2. The van der Waals surface area contributed by atoms with E-state index in [1.165, 1.54) is 5.56 Å². The van der Waals surface area contributed by atoms with Gasteiger partial charge in [0.05, 0.1) is 6.61 Å². The standard InChI is InChI=1S/C33H47N3O7/c1-21(2)20-41-32(40)42-28-22(3)16-17-26(23(28)4)19-27(36-31(39)43-33(6,7)8)30(38)35-24(5)29(37)34-18-12-15-25-13-10-9-11-14-25/h9-11,13-14,16-17,21,24,27H,12,15,18-20H2,1-8H3,(H,34,37)(H,35,38)(H,36,39)/t24-,27?/m1/s1. The normalized spacial score (nSPS) is 12.6. The van der Waals surface area contributed by atoms with Gasteiger partial charge in [-0.05, 0) is 82.6 Å². The molecule has 10 nitrogen and oxygen atoms in total. The number of benzene rings is 2. The number of hydrogen-bond donors (Lipinski definition) is 3. The minimum absolute atomic E-state index is 0.0556. The highest BCUT2D eigenvalue weighted by atomic mass is 16.7. The number of rotatable bonds is 13. The molecule has 2 atom stereocenters. The van der Waals surface area contributed by atoms with E-state index in [0.717, 1.165) is 12.8 Å². The zero-order chi connectivity index (χ0) is 32.2. The molecule has 0 spiro atoms. The average molecular weight is 598 g/mol. The summed E-state index contributed by atoms with van der Waals surface area (Å²) in [5, 5.41) is 8.19. The highest BCUT2D eigenvalue weighted by molar-refractivity contribution is 5.91. The third kappa shape index (κ3) is 12.8. The molecule has 3 N–H and O–H groups in total. The van der Waals surface area contributed by atoms with E-state index in [1.807, 2.05) is 44.2 Å². The Hall–Kier alpha value is -4.08. The highest BCUT2D eigenvalue weighted by Gasteiger charge is 2.28. The van der Waals surface area contributed by atoms with Crippen LogP contribution in [0.3, 0.4) is 0 Å². The van der Waals surface area contributed by atoms with E-state index in [2.05, 4.69) is 16.0 Å². The van der Waals surface area contributed by atoms with Gasteiger partial charge in [-0.2, -0.15) is 0 Å². The summed E-state index contributed by atoms with van der Waals surface area (Å²) in [5.74, 6) is -0.417. The molecule has 2 aromatic rings. The van der Waals surface area contributed by atoms with Crippen LogP contribution in [0, 0.1) is 19.8 Å². The summed E-state index contributed by atoms with van der Waals surface area (Å²) < 4.78 is 16.1. The van der Waals surface area contributed by atoms with Gasteiger partial charge in [0.2, 0.25) is 11.8 Å². The zero-order valence-corrected chi connectivity index (χ0v) is 26.7. The molecule has 0 saturated heterocycles. The molecule has 0 aliphatic rings. The van der Waals surface area contributed by atoms with E-state index >= 15 is 0 Å². The van der Waals surface area contributed by atoms with Gasteiger partial charge < -0.3 is 30.2 Å². The first-order valence-corrected chi connectivity index (χ1v) is 14.7. The van der Waals surface area contributed by atoms with Crippen LogP contribution in [0.2, 0.25) is 0 Å². The van der Waals surface area contributed by atoms with Crippen LogP contribution in [0.1, 0.15) is 70.2 Å². The lowest BCUT2D eigenvalue weighted by Crippen LogP contribution is -2.54. The van der Waals surface area contributed by atoms with Gasteiger partial charge in [0.15, 0.2) is 0 Å². The van der Waals surface area contributed by atoms with E-state index in [1.54, 1.807) is 53.7 Å². The predicted octanol–water partition coefficient (Wildman–Crippen LogP) is 5.16. The lowest BCUT2D eigenvalue weighted by molar-refractivity contribution is -0.129. The summed E-state index contributed by atoms with van der Waals surface area (Å²) in [4.78, 5) is 51.1. The lowest BCUT2D eigenvalue weighted by Gasteiger charge is -2.25. The Bertz CT molecular complexity index is 1240. The molecule has 0 bridgehead atoms. The first kappa shape index (κ1) is 35.1. The topological polar surface area (TPSA) is 132 Å². The zero-order valence-electron chi connectivity index (χ0n) is 26.7. The molecule has 0 saturated carbocycles. The molecule has 0 aromatic heterocycles. The average Bonchev–Trinajstić information content (AvgIpc) is 2.92. The summed E-state index contributed by atoms with van der Waals surface area (Å²) in [6.07, 6.45) is 0.0355. The molecule has 0 radical (unpaired) electrons. The van der Waals surface area contributed by atoms with Gasteiger partial charge in [-0.1, -0.05) is 56.3 Å². The molecule has 43 heavy (non-hydrogen) atoms. The maximum absolute atomic E-state index is 13.4. The quantitative estimate of drug-likeness (QED) is 0.165. The van der Waals surface area contributed by atoms with Gasteiger partial charge >= 0.3 is 12.2 Å². The molecule has 0 aliphatic heterocycles. The second-order valence-corrected chi connectivity index (χ2v) is 12.1. The van der Waals surface area contributed by atoms with Crippen molar-refractivity contribution in [2.45, 2.75) is 92.3 Å². The van der Waals surface area contributed by atoms with Crippen LogP contribution in [0.15, 0.2) is 42.5 Å². The van der Waals surface area contributed by atoms with Crippen molar-refractivity contribution in [2.75, 3.05) is 13.2 Å². The van der Waals surface area contributed by atoms with Crippen LogP contribution >= 0.6 is 0 Å². The number of carbonyl (C=O) groups excluding carboxylic acids is 4. The van der Waals surface area contributed by atoms with Gasteiger partial charge in [0, 0.05) is 13.0 Å².